The first-order chi connectivity index (χ1) is 6.55. The second kappa shape index (κ2) is 4.71. The fraction of sp³-hybridized carbons (Fsp3) is 0.900. The van der Waals surface area contributed by atoms with Crippen molar-refractivity contribution in [3.05, 3.63) is 0 Å². The van der Waals surface area contributed by atoms with Crippen molar-refractivity contribution in [2.75, 3.05) is 13.1 Å². The third kappa shape index (κ3) is 3.24. The number of unbranched alkanes of at least 4 members (excludes halogenated alkanes) is 1. The highest BCUT2D eigenvalue weighted by Crippen LogP contribution is 2.27. The maximum Gasteiger partial charge on any atom is 0.251 e. The lowest BCUT2D eigenvalue weighted by molar-refractivity contribution is -0.137. The van der Waals surface area contributed by atoms with Crippen LogP contribution in [0.1, 0.15) is 39.0 Å². The van der Waals surface area contributed by atoms with Crippen LogP contribution in [0.4, 0.5) is 8.78 Å². The lowest BCUT2D eigenvalue weighted by Gasteiger charge is -2.31. The lowest BCUT2D eigenvalue weighted by atomic mass is 10.1. The summed E-state index contributed by atoms with van der Waals surface area (Å²) in [6.07, 6.45) is 1.97. The lowest BCUT2D eigenvalue weighted by Crippen LogP contribution is -2.42. The first kappa shape index (κ1) is 11.4. The van der Waals surface area contributed by atoms with E-state index in [-0.39, 0.29) is 31.8 Å². The van der Waals surface area contributed by atoms with E-state index in [1.807, 2.05) is 6.92 Å². The molecule has 1 aliphatic heterocycles. The van der Waals surface area contributed by atoms with Crippen molar-refractivity contribution in [3.63, 3.8) is 0 Å². The molecule has 2 nitrogen and oxygen atoms in total. The summed E-state index contributed by atoms with van der Waals surface area (Å²) in [6.45, 7) is 2.45. The number of carbonyl (C=O) groups excluding carboxylic acids is 1. The number of rotatable bonds is 3. The van der Waals surface area contributed by atoms with Gasteiger partial charge in [0, 0.05) is 32.4 Å². The van der Waals surface area contributed by atoms with E-state index in [2.05, 4.69) is 0 Å². The van der Waals surface area contributed by atoms with Crippen LogP contribution in [0.25, 0.3) is 0 Å². The normalized spacial score (nSPS) is 20.9. The van der Waals surface area contributed by atoms with Crippen molar-refractivity contribution in [3.8, 4) is 0 Å². The van der Waals surface area contributed by atoms with Crippen molar-refractivity contribution < 1.29 is 13.6 Å². The van der Waals surface area contributed by atoms with Crippen LogP contribution < -0.4 is 0 Å². The van der Waals surface area contributed by atoms with Crippen LogP contribution in [-0.4, -0.2) is 29.8 Å². The Balaban J connectivity index is 2.30. The Morgan fingerprint density at radius 3 is 2.43 bits per heavy atom. The smallest absolute Gasteiger partial charge is 0.251 e. The zero-order valence-corrected chi connectivity index (χ0v) is 8.56. The van der Waals surface area contributed by atoms with Gasteiger partial charge >= 0.3 is 0 Å². The van der Waals surface area contributed by atoms with E-state index in [0.29, 0.717) is 6.42 Å². The topological polar surface area (TPSA) is 20.3 Å². The molecule has 4 heteroatoms. The summed E-state index contributed by atoms with van der Waals surface area (Å²) in [5, 5.41) is 0. The van der Waals surface area contributed by atoms with Gasteiger partial charge in [0.1, 0.15) is 0 Å². The van der Waals surface area contributed by atoms with Crippen LogP contribution >= 0.6 is 0 Å². The molecule has 0 unspecified atom stereocenters. The van der Waals surface area contributed by atoms with Crippen LogP contribution in [-0.2, 0) is 4.79 Å². The summed E-state index contributed by atoms with van der Waals surface area (Å²) in [5.41, 5.74) is 0. The molecule has 0 saturated carbocycles. The molecule has 0 N–H and O–H groups in total. The summed E-state index contributed by atoms with van der Waals surface area (Å²) < 4.78 is 25.5. The molecule has 1 saturated heterocycles. The van der Waals surface area contributed by atoms with Gasteiger partial charge in [0.15, 0.2) is 0 Å². The van der Waals surface area contributed by atoms with Crippen LogP contribution in [0.2, 0.25) is 0 Å². The molecule has 1 heterocycles. The molecule has 1 rings (SSSR count). The average Bonchev–Trinajstić information content (AvgIpc) is 2.14. The molecule has 1 amide bonds. The minimum absolute atomic E-state index is 0.0300. The summed E-state index contributed by atoms with van der Waals surface area (Å²) in [7, 11) is 0. The van der Waals surface area contributed by atoms with Gasteiger partial charge in [0.2, 0.25) is 5.91 Å². The van der Waals surface area contributed by atoms with Crippen molar-refractivity contribution >= 4 is 5.91 Å². The maximum atomic E-state index is 12.8. The van der Waals surface area contributed by atoms with E-state index in [1.165, 1.54) is 0 Å². The van der Waals surface area contributed by atoms with Gasteiger partial charge in [-0.3, -0.25) is 4.79 Å². The molecule has 0 radical (unpaired) electrons. The molecular weight excluding hydrogens is 188 g/mol. The van der Waals surface area contributed by atoms with E-state index in [4.69, 9.17) is 0 Å². The first-order valence-corrected chi connectivity index (χ1v) is 5.21. The SMILES string of the molecule is CCCCC(=O)N1CCC(F)(F)CC1. The van der Waals surface area contributed by atoms with Gasteiger partial charge in [-0.1, -0.05) is 13.3 Å². The van der Waals surface area contributed by atoms with Gasteiger partial charge < -0.3 is 4.90 Å². The Morgan fingerprint density at radius 2 is 1.93 bits per heavy atom. The molecule has 0 aromatic rings. The summed E-state index contributed by atoms with van der Waals surface area (Å²) in [6, 6.07) is 0. The van der Waals surface area contributed by atoms with E-state index >= 15 is 0 Å². The third-order valence-corrected chi connectivity index (χ3v) is 2.59. The molecule has 1 fully saturated rings. The van der Waals surface area contributed by atoms with Crippen molar-refractivity contribution in [1.82, 2.24) is 4.90 Å². The summed E-state index contributed by atoms with van der Waals surface area (Å²) in [5.74, 6) is -2.52. The highest BCUT2D eigenvalue weighted by molar-refractivity contribution is 5.76. The number of carbonyl (C=O) groups is 1. The second-order valence-corrected chi connectivity index (χ2v) is 3.84. The summed E-state index contributed by atoms with van der Waals surface area (Å²) in [4.78, 5) is 13.0. The van der Waals surface area contributed by atoms with Crippen LogP contribution in [0.3, 0.4) is 0 Å². The Kier molecular flexibility index (Phi) is 3.84. The molecule has 82 valence electrons. The predicted molar refractivity (Wildman–Crippen MR) is 50.3 cm³/mol. The number of hydrogen-bond acceptors (Lipinski definition) is 1. The van der Waals surface area contributed by atoms with Crippen molar-refractivity contribution in [2.24, 2.45) is 0 Å². The molecule has 0 bridgehead atoms. The van der Waals surface area contributed by atoms with Gasteiger partial charge in [-0.25, -0.2) is 8.78 Å². The number of halogens is 2. The molecule has 0 aromatic heterocycles. The second-order valence-electron chi connectivity index (χ2n) is 3.84. The minimum atomic E-state index is -2.55. The Labute approximate surface area is 83.3 Å². The van der Waals surface area contributed by atoms with Crippen molar-refractivity contribution in [1.29, 1.82) is 0 Å². The molecule has 0 aromatic carbocycles. The van der Waals surface area contributed by atoms with Crippen molar-refractivity contribution in [2.45, 2.75) is 45.0 Å². The van der Waals surface area contributed by atoms with Gasteiger partial charge in [0.05, 0.1) is 0 Å². The van der Waals surface area contributed by atoms with Gasteiger partial charge in [-0.15, -0.1) is 0 Å². The molecular formula is C10H17F2NO. The molecule has 0 spiro atoms. The largest absolute Gasteiger partial charge is 0.342 e. The zero-order chi connectivity index (χ0) is 10.6. The van der Waals surface area contributed by atoms with Crippen LogP contribution in [0.5, 0.6) is 0 Å². The van der Waals surface area contributed by atoms with Gasteiger partial charge in [-0.05, 0) is 6.42 Å². The van der Waals surface area contributed by atoms with Gasteiger partial charge in [-0.2, -0.15) is 0 Å². The highest BCUT2D eigenvalue weighted by Gasteiger charge is 2.35. The Hall–Kier alpha value is -0.670. The highest BCUT2D eigenvalue weighted by atomic mass is 19.3. The Morgan fingerprint density at radius 1 is 1.36 bits per heavy atom. The minimum Gasteiger partial charge on any atom is -0.342 e. The van der Waals surface area contributed by atoms with Gasteiger partial charge in [0.25, 0.3) is 5.92 Å². The summed E-state index contributed by atoms with van der Waals surface area (Å²) >= 11 is 0. The molecule has 14 heavy (non-hydrogen) atoms. The average molecular weight is 205 g/mol. The standard InChI is InChI=1S/C10H17F2NO/c1-2-3-4-9(14)13-7-5-10(11,12)6-8-13/h2-8H2,1H3. The number of alkyl halides is 2. The number of likely N-dealkylation sites (tertiary alicyclic amines) is 1. The number of nitrogens with zero attached hydrogens (tertiary/aromatic N) is 1. The number of hydrogen-bond donors (Lipinski definition) is 0. The molecule has 0 aliphatic carbocycles. The quantitative estimate of drug-likeness (QED) is 0.693. The molecule has 0 atom stereocenters. The van der Waals surface area contributed by atoms with Crippen LogP contribution in [0, 0.1) is 0 Å². The first-order valence-electron chi connectivity index (χ1n) is 5.21. The molecule has 1 aliphatic rings. The van der Waals surface area contributed by atoms with E-state index in [9.17, 15) is 13.6 Å². The Bertz CT molecular complexity index is 196. The van der Waals surface area contributed by atoms with E-state index in [0.717, 1.165) is 12.8 Å². The third-order valence-electron chi connectivity index (χ3n) is 2.59. The monoisotopic (exact) mass is 205 g/mol. The number of piperidine rings is 1. The van der Waals surface area contributed by atoms with Crippen LogP contribution in [0.15, 0.2) is 0 Å². The van der Waals surface area contributed by atoms with E-state index in [1.54, 1.807) is 4.90 Å². The zero-order valence-electron chi connectivity index (χ0n) is 8.56. The van der Waals surface area contributed by atoms with E-state index < -0.39 is 5.92 Å². The fourth-order valence-electron chi connectivity index (χ4n) is 1.57. The maximum absolute atomic E-state index is 12.8. The fourth-order valence-corrected chi connectivity index (χ4v) is 1.57. The predicted octanol–water partition coefficient (Wildman–Crippen LogP) is 2.43. The number of amides is 1.